The number of amides is 1. The largest absolute Gasteiger partial charge is 0.381 e. The summed E-state index contributed by atoms with van der Waals surface area (Å²) in [7, 11) is 1.76. The predicted molar refractivity (Wildman–Crippen MR) is 75.8 cm³/mol. The van der Waals surface area contributed by atoms with E-state index in [2.05, 4.69) is 20.7 Å². The van der Waals surface area contributed by atoms with E-state index in [-0.39, 0.29) is 23.3 Å². The van der Waals surface area contributed by atoms with E-state index in [1.54, 1.807) is 7.11 Å². The van der Waals surface area contributed by atoms with Gasteiger partial charge in [0.15, 0.2) is 0 Å². The molecule has 7 heteroatoms. The molecule has 0 saturated heterocycles. The van der Waals surface area contributed by atoms with Crippen molar-refractivity contribution in [3.05, 3.63) is 5.82 Å². The van der Waals surface area contributed by atoms with Crippen LogP contribution in [0.25, 0.3) is 0 Å². The zero-order valence-corrected chi connectivity index (χ0v) is 13.1. The summed E-state index contributed by atoms with van der Waals surface area (Å²) in [4.78, 5) is 13.6. The lowest BCUT2D eigenvalue weighted by Crippen LogP contribution is -2.58. The number of hydrogen-bond donors (Lipinski definition) is 1. The van der Waals surface area contributed by atoms with Gasteiger partial charge in [0.1, 0.15) is 0 Å². The Kier molecular flexibility index (Phi) is 3.27. The fraction of sp³-hybridized carbons (Fsp3) is 0.857. The van der Waals surface area contributed by atoms with Crippen LogP contribution in [0.15, 0.2) is 0 Å². The summed E-state index contributed by atoms with van der Waals surface area (Å²) < 4.78 is 5.32. The molecular weight excluding hydrogens is 270 g/mol. The second-order valence-electron chi connectivity index (χ2n) is 7.42. The van der Waals surface area contributed by atoms with Gasteiger partial charge in [0.05, 0.1) is 11.6 Å². The number of aromatic nitrogens is 4. The first-order chi connectivity index (χ1) is 9.81. The Morgan fingerprint density at radius 2 is 2.00 bits per heavy atom. The zero-order chi connectivity index (χ0) is 15.3. The predicted octanol–water partition coefficient (Wildman–Crippen LogP) is 1.12. The van der Waals surface area contributed by atoms with Crippen molar-refractivity contribution in [2.75, 3.05) is 7.11 Å². The average Bonchev–Trinajstić information content (AvgIpc) is 2.79. The maximum Gasteiger partial charge on any atom is 0.293 e. The molecule has 0 atom stereocenters. The molecule has 2 aliphatic carbocycles. The number of hydrogen-bond acceptors (Lipinski definition) is 5. The van der Waals surface area contributed by atoms with Crippen molar-refractivity contribution in [2.45, 2.75) is 64.1 Å². The molecule has 7 nitrogen and oxygen atoms in total. The molecule has 116 valence electrons. The van der Waals surface area contributed by atoms with Crippen molar-refractivity contribution >= 4 is 5.91 Å². The Hall–Kier alpha value is -1.50. The highest BCUT2D eigenvalue weighted by Crippen LogP contribution is 2.56. The standard InChI is InChI=1S/C14H23N5O2/c1-13(2,3)19-17-11(16-18-19)12(20)15-9-5-14(6-9)7-10(8-14)21-4/h9-10H,5-8H2,1-4H3,(H,15,20). The van der Waals surface area contributed by atoms with Crippen molar-refractivity contribution in [2.24, 2.45) is 5.41 Å². The zero-order valence-electron chi connectivity index (χ0n) is 13.1. The van der Waals surface area contributed by atoms with E-state index < -0.39 is 0 Å². The van der Waals surface area contributed by atoms with E-state index in [1.807, 2.05) is 20.8 Å². The van der Waals surface area contributed by atoms with Gasteiger partial charge in [0, 0.05) is 13.2 Å². The van der Waals surface area contributed by atoms with Crippen molar-refractivity contribution < 1.29 is 9.53 Å². The van der Waals surface area contributed by atoms with Gasteiger partial charge in [0.25, 0.3) is 11.7 Å². The normalized spacial score (nSPS) is 31.6. The van der Waals surface area contributed by atoms with Crippen molar-refractivity contribution in [3.8, 4) is 0 Å². The molecule has 0 bridgehead atoms. The SMILES string of the molecule is COC1CC2(CC(NC(=O)c3nnn(C(C)(C)C)n3)C2)C1. The topological polar surface area (TPSA) is 81.9 Å². The van der Waals surface area contributed by atoms with Crippen LogP contribution < -0.4 is 5.32 Å². The molecule has 2 fully saturated rings. The average molecular weight is 293 g/mol. The number of rotatable bonds is 3. The minimum absolute atomic E-state index is 0.147. The summed E-state index contributed by atoms with van der Waals surface area (Å²) in [6, 6.07) is 0.233. The summed E-state index contributed by atoms with van der Waals surface area (Å²) >= 11 is 0. The molecule has 3 rings (SSSR count). The molecule has 2 saturated carbocycles. The van der Waals surface area contributed by atoms with Crippen LogP contribution in [-0.4, -0.2) is 45.4 Å². The van der Waals surface area contributed by atoms with Crippen LogP contribution in [0.3, 0.4) is 0 Å². The monoisotopic (exact) mass is 293 g/mol. The van der Waals surface area contributed by atoms with E-state index in [9.17, 15) is 4.79 Å². The molecule has 0 unspecified atom stereocenters. The maximum absolute atomic E-state index is 12.1. The summed E-state index contributed by atoms with van der Waals surface area (Å²) in [6.07, 6.45) is 4.72. The lowest BCUT2D eigenvalue weighted by atomic mass is 9.53. The molecular formula is C14H23N5O2. The number of nitrogens with zero attached hydrogens (tertiary/aromatic N) is 4. The molecule has 1 aromatic heterocycles. The fourth-order valence-electron chi connectivity index (χ4n) is 3.33. The Morgan fingerprint density at radius 1 is 1.33 bits per heavy atom. The molecule has 1 aromatic rings. The van der Waals surface area contributed by atoms with Crippen molar-refractivity contribution in [3.63, 3.8) is 0 Å². The molecule has 0 radical (unpaired) electrons. The third-order valence-electron chi connectivity index (χ3n) is 4.57. The lowest BCUT2D eigenvalue weighted by Gasteiger charge is -2.57. The number of nitrogens with one attached hydrogen (secondary N) is 1. The van der Waals surface area contributed by atoms with Gasteiger partial charge in [-0.15, -0.1) is 10.2 Å². The van der Waals surface area contributed by atoms with Crippen LogP contribution in [0.5, 0.6) is 0 Å². The fourth-order valence-corrected chi connectivity index (χ4v) is 3.33. The Labute approximate surface area is 124 Å². The van der Waals surface area contributed by atoms with Gasteiger partial charge in [-0.1, -0.05) is 0 Å². The number of ether oxygens (including phenoxy) is 1. The van der Waals surface area contributed by atoms with Crippen molar-refractivity contribution in [1.82, 2.24) is 25.5 Å². The molecule has 1 heterocycles. The number of carbonyl (C=O) groups is 1. The summed E-state index contributed by atoms with van der Waals surface area (Å²) in [5.41, 5.74) is 0.141. The van der Waals surface area contributed by atoms with Gasteiger partial charge < -0.3 is 10.1 Å². The quantitative estimate of drug-likeness (QED) is 0.903. The Balaban J connectivity index is 1.51. The second-order valence-corrected chi connectivity index (χ2v) is 7.42. The first-order valence-corrected chi connectivity index (χ1v) is 7.45. The molecule has 2 aliphatic rings. The summed E-state index contributed by atoms with van der Waals surface area (Å²) in [6.45, 7) is 5.90. The molecule has 1 N–H and O–H groups in total. The summed E-state index contributed by atoms with van der Waals surface area (Å²) in [5.74, 6) is -0.0813. The Morgan fingerprint density at radius 3 is 2.52 bits per heavy atom. The van der Waals surface area contributed by atoms with E-state index >= 15 is 0 Å². The van der Waals surface area contributed by atoms with Crippen LogP contribution in [0.1, 0.15) is 57.1 Å². The van der Waals surface area contributed by atoms with E-state index in [0.29, 0.717) is 11.5 Å². The smallest absolute Gasteiger partial charge is 0.293 e. The van der Waals surface area contributed by atoms with E-state index in [1.165, 1.54) is 4.80 Å². The van der Waals surface area contributed by atoms with Gasteiger partial charge in [-0.05, 0) is 57.1 Å². The highest BCUT2D eigenvalue weighted by Gasteiger charge is 2.53. The lowest BCUT2D eigenvalue weighted by molar-refractivity contribution is -0.112. The highest BCUT2D eigenvalue weighted by molar-refractivity contribution is 5.90. The third kappa shape index (κ3) is 2.66. The van der Waals surface area contributed by atoms with Gasteiger partial charge in [0.2, 0.25) is 0 Å². The number of carbonyl (C=O) groups excluding carboxylic acids is 1. The first-order valence-electron chi connectivity index (χ1n) is 7.45. The Bertz CT molecular complexity index is 534. The van der Waals surface area contributed by atoms with Crippen LogP contribution in [0, 0.1) is 5.41 Å². The highest BCUT2D eigenvalue weighted by atomic mass is 16.5. The summed E-state index contributed by atoms with van der Waals surface area (Å²) in [5, 5.41) is 14.9. The minimum atomic E-state index is -0.271. The first kappa shape index (κ1) is 14.4. The van der Waals surface area contributed by atoms with E-state index in [0.717, 1.165) is 25.7 Å². The third-order valence-corrected chi connectivity index (χ3v) is 4.57. The minimum Gasteiger partial charge on any atom is -0.381 e. The number of methoxy groups -OCH3 is 1. The van der Waals surface area contributed by atoms with Gasteiger partial charge >= 0.3 is 0 Å². The maximum atomic E-state index is 12.1. The van der Waals surface area contributed by atoms with Crippen molar-refractivity contribution in [1.29, 1.82) is 0 Å². The van der Waals surface area contributed by atoms with Gasteiger partial charge in [-0.25, -0.2) is 0 Å². The van der Waals surface area contributed by atoms with Crippen LogP contribution in [0.2, 0.25) is 0 Å². The molecule has 1 amide bonds. The number of tetrazole rings is 1. The van der Waals surface area contributed by atoms with Gasteiger partial charge in [-0.2, -0.15) is 4.80 Å². The van der Waals surface area contributed by atoms with E-state index in [4.69, 9.17) is 4.74 Å². The molecule has 0 aliphatic heterocycles. The molecule has 0 aromatic carbocycles. The second kappa shape index (κ2) is 4.76. The van der Waals surface area contributed by atoms with Crippen LogP contribution >= 0.6 is 0 Å². The molecule has 1 spiro atoms. The van der Waals surface area contributed by atoms with Crippen LogP contribution in [0.4, 0.5) is 0 Å². The van der Waals surface area contributed by atoms with Crippen LogP contribution in [-0.2, 0) is 10.3 Å². The van der Waals surface area contributed by atoms with Gasteiger partial charge in [-0.3, -0.25) is 4.79 Å². The molecule has 21 heavy (non-hydrogen) atoms.